The molecule has 0 spiro atoms. The number of primary amides is 1. The Morgan fingerprint density at radius 3 is 2.25 bits per heavy atom. The van der Waals surface area contributed by atoms with Crippen molar-refractivity contribution in [3.63, 3.8) is 0 Å². The van der Waals surface area contributed by atoms with Gasteiger partial charge >= 0.3 is 0 Å². The quantitative estimate of drug-likeness (QED) is 0.587. The van der Waals surface area contributed by atoms with Crippen molar-refractivity contribution in [3.8, 4) is 0 Å². The predicted octanol–water partition coefficient (Wildman–Crippen LogP) is -0.537. The second-order valence-corrected chi connectivity index (χ2v) is 4.81. The summed E-state index contributed by atoms with van der Waals surface area (Å²) in [7, 11) is 4.10. The van der Waals surface area contributed by atoms with E-state index in [4.69, 9.17) is 11.5 Å². The van der Waals surface area contributed by atoms with Gasteiger partial charge in [0.2, 0.25) is 5.91 Å². The molecule has 5 heteroatoms. The monoisotopic (exact) mass is 230 g/mol. The van der Waals surface area contributed by atoms with E-state index >= 15 is 0 Å². The summed E-state index contributed by atoms with van der Waals surface area (Å²) in [6.07, 6.45) is 1.07. The molecular formula is C11H26N4O. The lowest BCUT2D eigenvalue weighted by molar-refractivity contribution is -0.123. The Kier molecular flexibility index (Phi) is 6.55. The predicted molar refractivity (Wildman–Crippen MR) is 67.1 cm³/mol. The van der Waals surface area contributed by atoms with Crippen molar-refractivity contribution >= 4 is 5.91 Å². The minimum absolute atomic E-state index is 0.446. The van der Waals surface area contributed by atoms with E-state index in [9.17, 15) is 4.79 Å². The zero-order valence-electron chi connectivity index (χ0n) is 11.0. The van der Waals surface area contributed by atoms with Gasteiger partial charge in [-0.3, -0.25) is 4.79 Å². The van der Waals surface area contributed by atoms with Crippen LogP contribution in [0.3, 0.4) is 0 Å². The van der Waals surface area contributed by atoms with E-state index in [2.05, 4.69) is 16.7 Å². The van der Waals surface area contributed by atoms with E-state index in [1.807, 2.05) is 14.1 Å². The molecule has 0 radical (unpaired) electrons. The zero-order valence-corrected chi connectivity index (χ0v) is 11.0. The average Bonchev–Trinajstić information content (AvgIpc) is 2.15. The molecule has 16 heavy (non-hydrogen) atoms. The summed E-state index contributed by atoms with van der Waals surface area (Å²) in [5, 5.41) is 0. The Morgan fingerprint density at radius 1 is 1.31 bits per heavy atom. The van der Waals surface area contributed by atoms with Gasteiger partial charge in [0.1, 0.15) is 5.54 Å². The Labute approximate surface area is 98.7 Å². The molecule has 0 aromatic carbocycles. The Bertz CT molecular complexity index is 216. The molecule has 0 rings (SSSR count). The van der Waals surface area contributed by atoms with Crippen LogP contribution in [0.25, 0.3) is 0 Å². The molecule has 0 aliphatic carbocycles. The molecule has 0 bridgehead atoms. The molecule has 1 unspecified atom stereocenters. The van der Waals surface area contributed by atoms with Crippen LogP contribution in [-0.4, -0.2) is 61.5 Å². The van der Waals surface area contributed by atoms with Crippen LogP contribution in [0.2, 0.25) is 0 Å². The normalized spacial score (nSPS) is 15.4. The average molecular weight is 230 g/mol. The standard InChI is InChI=1S/C11H26N4O/c1-5-15(8-6-7-14(3)4)9-11(2,13)10(12)16/h5-9,13H2,1-4H3,(H2,12,16). The molecule has 96 valence electrons. The molecule has 4 N–H and O–H groups in total. The molecule has 0 saturated heterocycles. The van der Waals surface area contributed by atoms with Gasteiger partial charge in [0.15, 0.2) is 0 Å². The number of nitrogens with two attached hydrogens (primary N) is 2. The second-order valence-electron chi connectivity index (χ2n) is 4.81. The largest absolute Gasteiger partial charge is 0.368 e. The summed E-state index contributed by atoms with van der Waals surface area (Å²) in [5.41, 5.74) is 10.2. The first-order valence-corrected chi connectivity index (χ1v) is 5.75. The first kappa shape index (κ1) is 15.3. The molecule has 0 aliphatic heterocycles. The third-order valence-electron chi connectivity index (χ3n) is 2.64. The van der Waals surface area contributed by atoms with Crippen molar-refractivity contribution in [2.24, 2.45) is 11.5 Å². The maximum atomic E-state index is 11.1. The fourth-order valence-electron chi connectivity index (χ4n) is 1.50. The summed E-state index contributed by atoms with van der Waals surface area (Å²) < 4.78 is 0. The molecule has 0 heterocycles. The van der Waals surface area contributed by atoms with Gasteiger partial charge in [-0.25, -0.2) is 0 Å². The Balaban J connectivity index is 4.05. The number of rotatable bonds is 8. The molecule has 1 atom stereocenters. The van der Waals surface area contributed by atoms with Crippen LogP contribution in [-0.2, 0) is 4.79 Å². The number of nitrogens with zero attached hydrogens (tertiary/aromatic N) is 2. The molecular weight excluding hydrogens is 204 g/mol. The molecule has 1 amide bonds. The van der Waals surface area contributed by atoms with Crippen molar-refractivity contribution in [1.29, 1.82) is 0 Å². The fraction of sp³-hybridized carbons (Fsp3) is 0.909. The fourth-order valence-corrected chi connectivity index (χ4v) is 1.50. The Morgan fingerprint density at radius 2 is 1.88 bits per heavy atom. The minimum Gasteiger partial charge on any atom is -0.368 e. The highest BCUT2D eigenvalue weighted by Gasteiger charge is 2.27. The smallest absolute Gasteiger partial charge is 0.238 e. The number of hydrogen-bond acceptors (Lipinski definition) is 4. The lowest BCUT2D eigenvalue weighted by Crippen LogP contribution is -2.57. The van der Waals surface area contributed by atoms with E-state index < -0.39 is 11.4 Å². The van der Waals surface area contributed by atoms with Gasteiger partial charge in [0.25, 0.3) is 0 Å². The van der Waals surface area contributed by atoms with Crippen molar-refractivity contribution in [3.05, 3.63) is 0 Å². The Hall–Kier alpha value is -0.650. The SMILES string of the molecule is CCN(CCCN(C)C)CC(C)(N)C(N)=O. The van der Waals surface area contributed by atoms with Crippen LogP contribution in [0.15, 0.2) is 0 Å². The minimum atomic E-state index is -0.936. The van der Waals surface area contributed by atoms with E-state index in [0.717, 1.165) is 26.1 Å². The van der Waals surface area contributed by atoms with E-state index in [1.54, 1.807) is 6.92 Å². The lowest BCUT2D eigenvalue weighted by atomic mass is 10.0. The molecule has 0 saturated carbocycles. The van der Waals surface area contributed by atoms with Gasteiger partial charge in [0.05, 0.1) is 0 Å². The maximum absolute atomic E-state index is 11.1. The summed E-state index contributed by atoms with van der Waals surface area (Å²) in [5.74, 6) is -0.446. The lowest BCUT2D eigenvalue weighted by Gasteiger charge is -2.29. The highest BCUT2D eigenvalue weighted by molar-refractivity contribution is 5.84. The van der Waals surface area contributed by atoms with E-state index in [0.29, 0.717) is 6.54 Å². The highest BCUT2D eigenvalue weighted by Crippen LogP contribution is 2.03. The third-order valence-corrected chi connectivity index (χ3v) is 2.64. The zero-order chi connectivity index (χ0) is 12.8. The van der Waals surface area contributed by atoms with Crippen LogP contribution < -0.4 is 11.5 Å². The third kappa shape index (κ3) is 6.05. The van der Waals surface area contributed by atoms with Crippen LogP contribution in [0, 0.1) is 0 Å². The van der Waals surface area contributed by atoms with E-state index in [1.165, 1.54) is 0 Å². The number of carbonyl (C=O) groups is 1. The summed E-state index contributed by atoms with van der Waals surface area (Å²) in [6, 6.07) is 0. The number of likely N-dealkylation sites (N-methyl/N-ethyl adjacent to an activating group) is 1. The summed E-state index contributed by atoms with van der Waals surface area (Å²) >= 11 is 0. The van der Waals surface area contributed by atoms with Crippen LogP contribution in [0.5, 0.6) is 0 Å². The number of carbonyl (C=O) groups excluding carboxylic acids is 1. The molecule has 0 fully saturated rings. The molecule has 5 nitrogen and oxygen atoms in total. The number of hydrogen-bond donors (Lipinski definition) is 2. The van der Waals surface area contributed by atoms with Crippen molar-refractivity contribution < 1.29 is 4.79 Å². The summed E-state index contributed by atoms with van der Waals surface area (Å²) in [4.78, 5) is 15.4. The van der Waals surface area contributed by atoms with E-state index in [-0.39, 0.29) is 0 Å². The van der Waals surface area contributed by atoms with Gasteiger partial charge in [0, 0.05) is 6.54 Å². The van der Waals surface area contributed by atoms with Crippen molar-refractivity contribution in [1.82, 2.24) is 9.80 Å². The van der Waals surface area contributed by atoms with Gasteiger partial charge in [-0.1, -0.05) is 6.92 Å². The van der Waals surface area contributed by atoms with Gasteiger partial charge in [-0.05, 0) is 47.1 Å². The first-order chi connectivity index (χ1) is 7.29. The first-order valence-electron chi connectivity index (χ1n) is 5.75. The molecule has 0 aliphatic rings. The van der Waals surface area contributed by atoms with Gasteiger partial charge < -0.3 is 21.3 Å². The van der Waals surface area contributed by atoms with Gasteiger partial charge in [-0.15, -0.1) is 0 Å². The topological polar surface area (TPSA) is 75.6 Å². The van der Waals surface area contributed by atoms with Crippen LogP contribution in [0.1, 0.15) is 20.3 Å². The van der Waals surface area contributed by atoms with Crippen molar-refractivity contribution in [2.45, 2.75) is 25.8 Å². The molecule has 0 aromatic rings. The van der Waals surface area contributed by atoms with Crippen LogP contribution in [0.4, 0.5) is 0 Å². The van der Waals surface area contributed by atoms with Gasteiger partial charge in [-0.2, -0.15) is 0 Å². The highest BCUT2D eigenvalue weighted by atomic mass is 16.1. The molecule has 0 aromatic heterocycles. The van der Waals surface area contributed by atoms with Crippen LogP contribution >= 0.6 is 0 Å². The second kappa shape index (κ2) is 6.83. The maximum Gasteiger partial charge on any atom is 0.238 e. The van der Waals surface area contributed by atoms with Crippen molar-refractivity contribution in [2.75, 3.05) is 40.3 Å². The summed E-state index contributed by atoms with van der Waals surface area (Å²) in [6.45, 7) is 7.12. The number of amides is 1.